The van der Waals surface area contributed by atoms with E-state index in [4.69, 9.17) is 20.9 Å². The van der Waals surface area contributed by atoms with Crippen molar-refractivity contribution in [3.05, 3.63) is 65.3 Å². The van der Waals surface area contributed by atoms with Crippen LogP contribution in [0.5, 0.6) is 5.75 Å². The first-order valence-corrected chi connectivity index (χ1v) is 7.23. The van der Waals surface area contributed by atoms with E-state index in [1.54, 1.807) is 43.5 Å². The van der Waals surface area contributed by atoms with Crippen molar-refractivity contribution in [1.82, 2.24) is 5.16 Å². The van der Waals surface area contributed by atoms with Crippen LogP contribution in [0.2, 0.25) is 5.02 Å². The largest absolute Gasteiger partial charge is 0.496 e. The first kappa shape index (κ1) is 15.1. The van der Waals surface area contributed by atoms with E-state index in [0.717, 1.165) is 5.56 Å². The van der Waals surface area contributed by atoms with Crippen LogP contribution < -0.4 is 10.1 Å². The van der Waals surface area contributed by atoms with Crippen LogP contribution in [0.4, 0.5) is 5.69 Å². The minimum atomic E-state index is -0.400. The summed E-state index contributed by atoms with van der Waals surface area (Å²) in [7, 11) is 1.57. The quantitative estimate of drug-likeness (QED) is 0.777. The fourth-order valence-electron chi connectivity index (χ4n) is 2.11. The number of benzene rings is 2. The summed E-state index contributed by atoms with van der Waals surface area (Å²) in [6, 6.07) is 15.9. The zero-order chi connectivity index (χ0) is 16.2. The Morgan fingerprint density at radius 3 is 2.70 bits per heavy atom. The standard InChI is InChI=1S/C17H13ClN2O3/c1-22-15-9-5-2-6-11(15)16-10-14(20-23-16)17(21)19-13-8-4-3-7-12(13)18/h2-10H,1H3,(H,19,21). The van der Waals surface area contributed by atoms with Crippen LogP contribution in [0.3, 0.4) is 0 Å². The highest BCUT2D eigenvalue weighted by Crippen LogP contribution is 2.30. The zero-order valence-electron chi connectivity index (χ0n) is 12.2. The number of halogens is 1. The fourth-order valence-corrected chi connectivity index (χ4v) is 2.29. The van der Waals surface area contributed by atoms with Crippen molar-refractivity contribution in [2.45, 2.75) is 0 Å². The summed E-state index contributed by atoms with van der Waals surface area (Å²) in [4.78, 5) is 12.2. The van der Waals surface area contributed by atoms with E-state index in [9.17, 15) is 4.79 Å². The lowest BCUT2D eigenvalue weighted by molar-refractivity contribution is 0.101. The highest BCUT2D eigenvalue weighted by atomic mass is 35.5. The molecule has 0 atom stereocenters. The summed E-state index contributed by atoms with van der Waals surface area (Å²) < 4.78 is 10.5. The van der Waals surface area contributed by atoms with Crippen molar-refractivity contribution in [2.24, 2.45) is 0 Å². The highest BCUT2D eigenvalue weighted by Gasteiger charge is 2.16. The maximum absolute atomic E-state index is 12.2. The number of anilines is 1. The Kier molecular flexibility index (Phi) is 4.30. The van der Waals surface area contributed by atoms with Gasteiger partial charge in [-0.3, -0.25) is 4.79 Å². The number of para-hydroxylation sites is 2. The van der Waals surface area contributed by atoms with Crippen molar-refractivity contribution in [1.29, 1.82) is 0 Å². The highest BCUT2D eigenvalue weighted by molar-refractivity contribution is 6.33. The number of aromatic nitrogens is 1. The molecule has 1 N–H and O–H groups in total. The molecule has 0 saturated carbocycles. The lowest BCUT2D eigenvalue weighted by Gasteiger charge is -2.04. The lowest BCUT2D eigenvalue weighted by atomic mass is 10.1. The monoisotopic (exact) mass is 328 g/mol. The number of methoxy groups -OCH3 is 1. The molecule has 23 heavy (non-hydrogen) atoms. The van der Waals surface area contributed by atoms with Gasteiger partial charge in [0.2, 0.25) is 0 Å². The van der Waals surface area contributed by atoms with Crippen LogP contribution in [0, 0.1) is 0 Å². The number of amides is 1. The van der Waals surface area contributed by atoms with E-state index >= 15 is 0 Å². The lowest BCUT2D eigenvalue weighted by Crippen LogP contribution is -2.12. The molecule has 0 aliphatic rings. The van der Waals surface area contributed by atoms with Gasteiger partial charge in [0.05, 0.1) is 23.4 Å². The summed E-state index contributed by atoms with van der Waals surface area (Å²) in [5.74, 6) is 0.691. The predicted octanol–water partition coefficient (Wildman–Crippen LogP) is 4.26. The molecular weight excluding hydrogens is 316 g/mol. The van der Waals surface area contributed by atoms with Gasteiger partial charge in [-0.2, -0.15) is 0 Å². The van der Waals surface area contributed by atoms with Crippen LogP contribution in [-0.2, 0) is 0 Å². The molecule has 116 valence electrons. The molecule has 3 aromatic rings. The average Bonchev–Trinajstić information content (AvgIpc) is 3.07. The molecule has 0 aliphatic carbocycles. The Balaban J connectivity index is 1.84. The third-order valence-corrected chi connectivity index (χ3v) is 3.57. The van der Waals surface area contributed by atoms with Crippen LogP contribution in [0.15, 0.2) is 59.1 Å². The van der Waals surface area contributed by atoms with Gasteiger partial charge < -0.3 is 14.6 Å². The summed E-state index contributed by atoms with van der Waals surface area (Å²) in [5.41, 5.74) is 1.39. The summed E-state index contributed by atoms with van der Waals surface area (Å²) in [5, 5.41) is 6.96. The maximum Gasteiger partial charge on any atom is 0.277 e. The van der Waals surface area contributed by atoms with Gasteiger partial charge in [0, 0.05) is 6.07 Å². The molecule has 5 nitrogen and oxygen atoms in total. The fraction of sp³-hybridized carbons (Fsp3) is 0.0588. The Morgan fingerprint density at radius 1 is 1.17 bits per heavy atom. The van der Waals surface area contributed by atoms with E-state index in [1.165, 1.54) is 0 Å². The van der Waals surface area contributed by atoms with Gasteiger partial charge in [-0.05, 0) is 24.3 Å². The Labute approximate surface area is 137 Å². The summed E-state index contributed by atoms with van der Waals surface area (Å²) in [6.45, 7) is 0. The molecule has 0 fully saturated rings. The zero-order valence-corrected chi connectivity index (χ0v) is 13.0. The van der Waals surface area contributed by atoms with Crippen LogP contribution in [0.25, 0.3) is 11.3 Å². The number of hydrogen-bond acceptors (Lipinski definition) is 4. The molecule has 1 heterocycles. The molecular formula is C17H13ClN2O3. The number of nitrogens with zero attached hydrogens (tertiary/aromatic N) is 1. The Morgan fingerprint density at radius 2 is 1.91 bits per heavy atom. The smallest absolute Gasteiger partial charge is 0.277 e. The molecule has 1 aromatic heterocycles. The number of carbonyl (C=O) groups is 1. The van der Waals surface area contributed by atoms with Crippen molar-refractivity contribution < 1.29 is 14.1 Å². The van der Waals surface area contributed by atoms with Crippen LogP contribution >= 0.6 is 11.6 Å². The van der Waals surface area contributed by atoms with Gasteiger partial charge in [-0.1, -0.05) is 41.0 Å². The molecule has 0 unspecified atom stereocenters. The minimum absolute atomic E-state index is 0.158. The second-order valence-corrected chi connectivity index (χ2v) is 5.12. The normalized spacial score (nSPS) is 10.3. The number of hydrogen-bond donors (Lipinski definition) is 1. The second kappa shape index (κ2) is 6.54. The van der Waals surface area contributed by atoms with Gasteiger partial charge in [0.25, 0.3) is 5.91 Å². The Bertz CT molecular complexity index is 845. The van der Waals surface area contributed by atoms with Crippen LogP contribution in [-0.4, -0.2) is 18.2 Å². The topological polar surface area (TPSA) is 64.4 Å². The molecule has 1 amide bonds. The maximum atomic E-state index is 12.2. The van der Waals surface area contributed by atoms with E-state index in [2.05, 4.69) is 10.5 Å². The molecule has 0 bridgehead atoms. The Hall–Kier alpha value is -2.79. The minimum Gasteiger partial charge on any atom is -0.496 e. The van der Waals surface area contributed by atoms with Gasteiger partial charge in [0.15, 0.2) is 11.5 Å². The SMILES string of the molecule is COc1ccccc1-c1cc(C(=O)Nc2ccccc2Cl)no1. The van der Waals surface area contributed by atoms with Gasteiger partial charge in [-0.15, -0.1) is 0 Å². The number of nitrogens with one attached hydrogen (secondary N) is 1. The molecule has 2 aromatic carbocycles. The predicted molar refractivity (Wildman–Crippen MR) is 87.9 cm³/mol. The van der Waals surface area contributed by atoms with Crippen LogP contribution in [0.1, 0.15) is 10.5 Å². The van der Waals surface area contributed by atoms with Crippen molar-refractivity contribution >= 4 is 23.2 Å². The van der Waals surface area contributed by atoms with Gasteiger partial charge >= 0.3 is 0 Å². The molecule has 3 rings (SSSR count). The van der Waals surface area contributed by atoms with E-state index in [-0.39, 0.29) is 5.69 Å². The first-order valence-electron chi connectivity index (χ1n) is 6.85. The van der Waals surface area contributed by atoms with Crippen molar-refractivity contribution in [2.75, 3.05) is 12.4 Å². The van der Waals surface area contributed by atoms with Crippen molar-refractivity contribution in [3.8, 4) is 17.1 Å². The van der Waals surface area contributed by atoms with Crippen molar-refractivity contribution in [3.63, 3.8) is 0 Å². The molecule has 0 aliphatic heterocycles. The second-order valence-electron chi connectivity index (χ2n) is 4.71. The third kappa shape index (κ3) is 3.19. The van der Waals surface area contributed by atoms with E-state index in [1.807, 2.05) is 18.2 Å². The molecule has 0 radical (unpaired) electrons. The number of ether oxygens (including phenoxy) is 1. The summed E-state index contributed by atoms with van der Waals surface area (Å²) in [6.07, 6.45) is 0. The first-order chi connectivity index (χ1) is 11.2. The molecule has 0 spiro atoms. The number of rotatable bonds is 4. The van der Waals surface area contributed by atoms with Gasteiger partial charge in [0.1, 0.15) is 5.75 Å². The van der Waals surface area contributed by atoms with E-state index < -0.39 is 5.91 Å². The van der Waals surface area contributed by atoms with Gasteiger partial charge in [-0.25, -0.2) is 0 Å². The number of carbonyl (C=O) groups excluding carboxylic acids is 1. The average molecular weight is 329 g/mol. The van der Waals surface area contributed by atoms with E-state index in [0.29, 0.717) is 22.2 Å². The summed E-state index contributed by atoms with van der Waals surface area (Å²) >= 11 is 6.02. The molecule has 6 heteroatoms. The molecule has 0 saturated heterocycles. The third-order valence-electron chi connectivity index (χ3n) is 3.24.